The van der Waals surface area contributed by atoms with Gasteiger partial charge in [0.2, 0.25) is 5.91 Å². The Morgan fingerprint density at radius 2 is 1.97 bits per heavy atom. The number of nitro groups is 1. The Bertz CT molecular complexity index is 1180. The standard InChI is InChI=1S/C19H14Cl2N4O6/c1-10(24-5-4-16(23-24)19(27)28)18(26)22-12-7-13(25(29)30)9-14(8-12)31-17-3-2-11(20)6-15(17)21/h2-10H,1H3,(H,22,26)(H,27,28). The summed E-state index contributed by atoms with van der Waals surface area (Å²) in [6.45, 7) is 1.50. The molecule has 1 amide bonds. The Kier molecular flexibility index (Phi) is 6.42. The summed E-state index contributed by atoms with van der Waals surface area (Å²) >= 11 is 11.9. The largest absolute Gasteiger partial charge is 0.476 e. The average molecular weight is 465 g/mol. The van der Waals surface area contributed by atoms with E-state index in [4.69, 9.17) is 33.0 Å². The number of amides is 1. The molecule has 0 saturated carbocycles. The lowest BCUT2D eigenvalue weighted by Gasteiger charge is -2.14. The van der Waals surface area contributed by atoms with Gasteiger partial charge in [-0.15, -0.1) is 0 Å². The van der Waals surface area contributed by atoms with E-state index in [1.165, 1.54) is 48.1 Å². The molecule has 0 spiro atoms. The number of carbonyl (C=O) groups excluding carboxylic acids is 1. The first-order chi connectivity index (χ1) is 14.6. The molecule has 31 heavy (non-hydrogen) atoms. The fourth-order valence-corrected chi connectivity index (χ4v) is 2.99. The molecule has 2 N–H and O–H groups in total. The number of nitrogens with zero attached hydrogens (tertiary/aromatic N) is 3. The number of benzene rings is 2. The monoisotopic (exact) mass is 464 g/mol. The average Bonchev–Trinajstić information content (AvgIpc) is 3.20. The number of hydrogen-bond donors (Lipinski definition) is 2. The summed E-state index contributed by atoms with van der Waals surface area (Å²) in [5, 5.41) is 27.2. The van der Waals surface area contributed by atoms with Gasteiger partial charge in [0, 0.05) is 23.4 Å². The van der Waals surface area contributed by atoms with Crippen LogP contribution in [0.4, 0.5) is 11.4 Å². The maximum atomic E-state index is 12.6. The smallest absolute Gasteiger partial charge is 0.356 e. The van der Waals surface area contributed by atoms with Gasteiger partial charge in [-0.05, 0) is 31.2 Å². The Labute approximate surface area is 185 Å². The second-order valence-corrected chi connectivity index (χ2v) is 7.14. The van der Waals surface area contributed by atoms with Gasteiger partial charge in [-0.2, -0.15) is 5.10 Å². The van der Waals surface area contributed by atoms with Crippen molar-refractivity contribution in [2.45, 2.75) is 13.0 Å². The Balaban J connectivity index is 1.85. The van der Waals surface area contributed by atoms with Crippen LogP contribution in [0.5, 0.6) is 11.5 Å². The highest BCUT2D eigenvalue weighted by atomic mass is 35.5. The third-order valence-corrected chi connectivity index (χ3v) is 4.63. The van der Waals surface area contributed by atoms with Crippen molar-refractivity contribution in [2.75, 3.05) is 5.32 Å². The van der Waals surface area contributed by atoms with Gasteiger partial charge in [0.05, 0.1) is 21.7 Å². The first-order valence-electron chi connectivity index (χ1n) is 8.65. The second-order valence-electron chi connectivity index (χ2n) is 6.30. The molecule has 3 rings (SSSR count). The highest BCUT2D eigenvalue weighted by Gasteiger charge is 2.20. The van der Waals surface area contributed by atoms with Crippen LogP contribution >= 0.6 is 23.2 Å². The molecule has 3 aromatic rings. The number of nitro benzene ring substituents is 1. The zero-order valence-corrected chi connectivity index (χ0v) is 17.3. The molecule has 160 valence electrons. The predicted octanol–water partition coefficient (Wildman–Crippen LogP) is 4.79. The van der Waals surface area contributed by atoms with Crippen molar-refractivity contribution >= 4 is 46.5 Å². The van der Waals surface area contributed by atoms with Crippen LogP contribution in [0, 0.1) is 10.1 Å². The lowest BCUT2D eigenvalue weighted by atomic mass is 10.2. The van der Waals surface area contributed by atoms with E-state index < -0.39 is 22.8 Å². The molecule has 0 saturated heterocycles. The lowest BCUT2D eigenvalue weighted by Crippen LogP contribution is -2.24. The quantitative estimate of drug-likeness (QED) is 0.378. The van der Waals surface area contributed by atoms with Gasteiger partial charge < -0.3 is 15.2 Å². The van der Waals surface area contributed by atoms with E-state index in [2.05, 4.69) is 10.4 Å². The molecule has 0 aliphatic carbocycles. The third-order valence-electron chi connectivity index (χ3n) is 4.10. The Hall–Kier alpha value is -3.63. The molecule has 1 heterocycles. The van der Waals surface area contributed by atoms with Crippen LogP contribution < -0.4 is 10.1 Å². The third kappa shape index (κ3) is 5.30. The van der Waals surface area contributed by atoms with Gasteiger partial charge in [-0.1, -0.05) is 23.2 Å². The predicted molar refractivity (Wildman–Crippen MR) is 112 cm³/mol. The van der Waals surface area contributed by atoms with E-state index in [1.54, 1.807) is 6.07 Å². The molecule has 2 aromatic carbocycles. The minimum atomic E-state index is -1.23. The number of non-ortho nitro benzene ring substituents is 1. The number of hydrogen-bond acceptors (Lipinski definition) is 6. The van der Waals surface area contributed by atoms with Gasteiger partial charge in [0.25, 0.3) is 5.69 Å². The molecular weight excluding hydrogens is 451 g/mol. The van der Waals surface area contributed by atoms with Crippen molar-refractivity contribution < 1.29 is 24.4 Å². The number of halogens is 2. The van der Waals surface area contributed by atoms with Crippen molar-refractivity contribution in [1.29, 1.82) is 0 Å². The fraction of sp³-hybridized carbons (Fsp3) is 0.105. The molecular formula is C19H14Cl2N4O6. The van der Waals surface area contributed by atoms with E-state index in [0.29, 0.717) is 5.02 Å². The van der Waals surface area contributed by atoms with Crippen molar-refractivity contribution in [3.8, 4) is 11.5 Å². The molecule has 1 atom stereocenters. The van der Waals surface area contributed by atoms with Gasteiger partial charge in [0.1, 0.15) is 17.5 Å². The number of rotatable bonds is 7. The lowest BCUT2D eigenvalue weighted by molar-refractivity contribution is -0.384. The van der Waals surface area contributed by atoms with Crippen LogP contribution in [-0.4, -0.2) is 31.7 Å². The first kappa shape index (κ1) is 22.1. The van der Waals surface area contributed by atoms with Crippen LogP contribution in [-0.2, 0) is 4.79 Å². The number of nitrogens with one attached hydrogen (secondary N) is 1. The molecule has 0 fully saturated rings. The molecule has 1 unspecified atom stereocenters. The molecule has 1 aromatic heterocycles. The Morgan fingerprint density at radius 1 is 1.23 bits per heavy atom. The molecule has 12 heteroatoms. The molecule has 0 aliphatic heterocycles. The number of carbonyl (C=O) groups is 2. The summed E-state index contributed by atoms with van der Waals surface area (Å²) < 4.78 is 6.79. The summed E-state index contributed by atoms with van der Waals surface area (Å²) in [6, 6.07) is 8.58. The van der Waals surface area contributed by atoms with Gasteiger partial charge in [-0.3, -0.25) is 19.6 Å². The molecule has 0 bridgehead atoms. The fourth-order valence-electron chi connectivity index (χ4n) is 2.54. The van der Waals surface area contributed by atoms with Crippen LogP contribution in [0.2, 0.25) is 10.0 Å². The Morgan fingerprint density at radius 3 is 2.58 bits per heavy atom. The topological polar surface area (TPSA) is 137 Å². The molecule has 0 aliphatic rings. The second kappa shape index (κ2) is 9.02. The summed E-state index contributed by atoms with van der Waals surface area (Å²) in [7, 11) is 0. The van der Waals surface area contributed by atoms with Crippen LogP contribution in [0.1, 0.15) is 23.5 Å². The normalized spacial score (nSPS) is 11.6. The van der Waals surface area contributed by atoms with E-state index in [-0.39, 0.29) is 33.6 Å². The number of anilines is 1. The zero-order valence-electron chi connectivity index (χ0n) is 15.8. The number of carboxylic acids is 1. The number of carboxylic acid groups (broad SMARTS) is 1. The van der Waals surface area contributed by atoms with Crippen LogP contribution in [0.15, 0.2) is 48.7 Å². The van der Waals surface area contributed by atoms with E-state index in [0.717, 1.165) is 6.07 Å². The van der Waals surface area contributed by atoms with E-state index in [1.807, 2.05) is 0 Å². The van der Waals surface area contributed by atoms with Crippen molar-refractivity contribution in [2.24, 2.45) is 0 Å². The van der Waals surface area contributed by atoms with Gasteiger partial charge >= 0.3 is 5.97 Å². The van der Waals surface area contributed by atoms with Crippen LogP contribution in [0.25, 0.3) is 0 Å². The molecule has 0 radical (unpaired) electrons. The molecule has 10 nitrogen and oxygen atoms in total. The zero-order chi connectivity index (χ0) is 22.7. The minimum absolute atomic E-state index is 0.0635. The highest BCUT2D eigenvalue weighted by molar-refractivity contribution is 6.35. The first-order valence-corrected chi connectivity index (χ1v) is 9.41. The highest BCUT2D eigenvalue weighted by Crippen LogP contribution is 2.34. The van der Waals surface area contributed by atoms with Crippen molar-refractivity contribution in [3.63, 3.8) is 0 Å². The summed E-state index contributed by atoms with van der Waals surface area (Å²) in [5.74, 6) is -1.52. The number of aromatic carboxylic acids is 1. The number of ether oxygens (including phenoxy) is 1. The summed E-state index contributed by atoms with van der Waals surface area (Å²) in [4.78, 5) is 34.2. The SMILES string of the molecule is CC(C(=O)Nc1cc(Oc2ccc(Cl)cc2Cl)cc([N+](=O)[O-])c1)n1ccc(C(=O)O)n1. The van der Waals surface area contributed by atoms with E-state index >= 15 is 0 Å². The van der Waals surface area contributed by atoms with E-state index in [9.17, 15) is 19.7 Å². The van der Waals surface area contributed by atoms with Crippen LogP contribution in [0.3, 0.4) is 0 Å². The maximum Gasteiger partial charge on any atom is 0.356 e. The van der Waals surface area contributed by atoms with Crippen molar-refractivity contribution in [3.05, 3.63) is 74.5 Å². The summed E-state index contributed by atoms with van der Waals surface area (Å²) in [5.41, 5.74) is -0.444. The number of aromatic nitrogens is 2. The van der Waals surface area contributed by atoms with Crippen molar-refractivity contribution in [1.82, 2.24) is 9.78 Å². The minimum Gasteiger partial charge on any atom is -0.476 e. The van der Waals surface area contributed by atoms with Gasteiger partial charge in [-0.25, -0.2) is 4.79 Å². The maximum absolute atomic E-state index is 12.6. The van der Waals surface area contributed by atoms with Gasteiger partial charge in [0.15, 0.2) is 5.69 Å². The summed E-state index contributed by atoms with van der Waals surface area (Å²) in [6.07, 6.45) is 1.35.